The standard InChI is InChI=1S/C13H18N4O4/c1-7(2)5-9-14-10(21-15-9)6-16-11(18)12(19)17(8(3)4)13(16)20/h7-8H,5-6H2,1-4H3. The number of carbonyl (C=O) groups excluding carboxylic acids is 3. The Kier molecular flexibility index (Phi) is 4.06. The molecule has 1 saturated heterocycles. The van der Waals surface area contributed by atoms with E-state index in [0.717, 1.165) is 9.80 Å². The third kappa shape index (κ3) is 2.93. The van der Waals surface area contributed by atoms with Gasteiger partial charge in [-0.15, -0.1) is 0 Å². The van der Waals surface area contributed by atoms with Crippen molar-refractivity contribution in [1.82, 2.24) is 19.9 Å². The highest BCUT2D eigenvalue weighted by atomic mass is 16.5. The fraction of sp³-hybridized carbons (Fsp3) is 0.615. The highest BCUT2D eigenvalue weighted by molar-refractivity contribution is 6.44. The van der Waals surface area contributed by atoms with Gasteiger partial charge in [0, 0.05) is 12.5 Å². The van der Waals surface area contributed by atoms with E-state index in [-0.39, 0.29) is 18.5 Å². The van der Waals surface area contributed by atoms with Crippen molar-refractivity contribution in [2.45, 2.75) is 46.7 Å². The maximum Gasteiger partial charge on any atom is 0.334 e. The summed E-state index contributed by atoms with van der Waals surface area (Å²) in [5.41, 5.74) is 0. The Labute approximate surface area is 122 Å². The van der Waals surface area contributed by atoms with Gasteiger partial charge >= 0.3 is 17.8 Å². The fourth-order valence-electron chi connectivity index (χ4n) is 2.05. The molecule has 21 heavy (non-hydrogen) atoms. The first-order valence-corrected chi connectivity index (χ1v) is 6.81. The molecule has 0 N–H and O–H groups in total. The van der Waals surface area contributed by atoms with Crippen LogP contribution < -0.4 is 0 Å². The molecule has 0 aliphatic carbocycles. The molecule has 8 nitrogen and oxygen atoms in total. The SMILES string of the molecule is CC(C)Cc1noc(CN2C(=O)C(=O)N(C(C)C)C2=O)n1. The van der Waals surface area contributed by atoms with Crippen molar-refractivity contribution < 1.29 is 18.9 Å². The van der Waals surface area contributed by atoms with Crippen LogP contribution in [0.25, 0.3) is 0 Å². The van der Waals surface area contributed by atoms with E-state index < -0.39 is 17.8 Å². The topological polar surface area (TPSA) is 96.6 Å². The van der Waals surface area contributed by atoms with Crippen LogP contribution in [-0.2, 0) is 22.6 Å². The van der Waals surface area contributed by atoms with E-state index in [2.05, 4.69) is 10.1 Å². The summed E-state index contributed by atoms with van der Waals surface area (Å²) in [5, 5.41) is 3.79. The molecule has 0 atom stereocenters. The van der Waals surface area contributed by atoms with Gasteiger partial charge in [0.2, 0.25) is 5.89 Å². The fourth-order valence-corrected chi connectivity index (χ4v) is 2.05. The maximum absolute atomic E-state index is 12.1. The van der Waals surface area contributed by atoms with Crippen LogP contribution >= 0.6 is 0 Å². The van der Waals surface area contributed by atoms with Gasteiger partial charge in [-0.1, -0.05) is 19.0 Å². The molecule has 0 spiro atoms. The van der Waals surface area contributed by atoms with E-state index in [4.69, 9.17) is 4.52 Å². The van der Waals surface area contributed by atoms with Crippen molar-refractivity contribution in [3.63, 3.8) is 0 Å². The molecule has 4 amide bonds. The van der Waals surface area contributed by atoms with Crippen molar-refractivity contribution in [3.05, 3.63) is 11.7 Å². The summed E-state index contributed by atoms with van der Waals surface area (Å²) in [4.78, 5) is 41.6. The van der Waals surface area contributed by atoms with Crippen molar-refractivity contribution in [2.75, 3.05) is 0 Å². The second-order valence-electron chi connectivity index (χ2n) is 5.65. The van der Waals surface area contributed by atoms with Crippen LogP contribution in [0.5, 0.6) is 0 Å². The molecule has 1 aliphatic rings. The van der Waals surface area contributed by atoms with Crippen molar-refractivity contribution in [3.8, 4) is 0 Å². The number of amides is 4. The number of hydrogen-bond acceptors (Lipinski definition) is 6. The minimum absolute atomic E-state index is 0.144. The van der Waals surface area contributed by atoms with Crippen LogP contribution in [0.4, 0.5) is 4.79 Å². The van der Waals surface area contributed by atoms with Crippen LogP contribution in [0.15, 0.2) is 4.52 Å². The summed E-state index contributed by atoms with van der Waals surface area (Å²) in [6.45, 7) is 7.18. The molecule has 0 saturated carbocycles. The van der Waals surface area contributed by atoms with Crippen LogP contribution in [0.3, 0.4) is 0 Å². The lowest BCUT2D eigenvalue weighted by molar-refractivity contribution is -0.144. The third-order valence-electron chi connectivity index (χ3n) is 2.99. The molecule has 8 heteroatoms. The zero-order chi connectivity index (χ0) is 15.7. The van der Waals surface area contributed by atoms with Gasteiger partial charge in [-0.25, -0.2) is 9.69 Å². The molecule has 2 heterocycles. The molecule has 0 unspecified atom stereocenters. The Morgan fingerprint density at radius 1 is 1.10 bits per heavy atom. The number of urea groups is 1. The van der Waals surface area contributed by atoms with E-state index in [9.17, 15) is 14.4 Å². The number of nitrogens with zero attached hydrogens (tertiary/aromatic N) is 4. The van der Waals surface area contributed by atoms with Gasteiger partial charge in [0.25, 0.3) is 0 Å². The molecule has 1 fully saturated rings. The average Bonchev–Trinajstić information content (AvgIpc) is 2.88. The van der Waals surface area contributed by atoms with Crippen LogP contribution in [0.1, 0.15) is 39.4 Å². The summed E-state index contributed by atoms with van der Waals surface area (Å²) in [6, 6.07) is -1.03. The molecule has 0 bridgehead atoms. The number of hydrogen-bond donors (Lipinski definition) is 0. The minimum Gasteiger partial charge on any atom is -0.337 e. The summed E-state index contributed by atoms with van der Waals surface area (Å²) in [7, 11) is 0. The largest absolute Gasteiger partial charge is 0.337 e. The smallest absolute Gasteiger partial charge is 0.334 e. The lowest BCUT2D eigenvalue weighted by Crippen LogP contribution is -2.37. The average molecular weight is 294 g/mol. The predicted octanol–water partition coefficient (Wildman–Crippen LogP) is 0.967. The first-order valence-electron chi connectivity index (χ1n) is 6.81. The predicted molar refractivity (Wildman–Crippen MR) is 70.8 cm³/mol. The normalized spacial score (nSPS) is 16.0. The zero-order valence-corrected chi connectivity index (χ0v) is 12.5. The Morgan fingerprint density at radius 3 is 2.29 bits per heavy atom. The Morgan fingerprint density at radius 2 is 1.76 bits per heavy atom. The maximum atomic E-state index is 12.1. The lowest BCUT2D eigenvalue weighted by Gasteiger charge is -2.17. The number of imide groups is 2. The number of carbonyl (C=O) groups is 3. The van der Waals surface area contributed by atoms with E-state index >= 15 is 0 Å². The first kappa shape index (κ1) is 15.1. The molecule has 1 aliphatic heterocycles. The summed E-state index contributed by atoms with van der Waals surface area (Å²) >= 11 is 0. The second-order valence-corrected chi connectivity index (χ2v) is 5.65. The Balaban J connectivity index is 2.12. The Hall–Kier alpha value is -2.25. The summed E-state index contributed by atoms with van der Waals surface area (Å²) in [6.07, 6.45) is 0.641. The molecular formula is C13H18N4O4. The third-order valence-corrected chi connectivity index (χ3v) is 2.99. The van der Waals surface area contributed by atoms with Gasteiger partial charge in [-0.05, 0) is 19.8 Å². The van der Waals surface area contributed by atoms with Crippen molar-refractivity contribution in [1.29, 1.82) is 0 Å². The minimum atomic E-state index is -0.864. The molecule has 1 aromatic heterocycles. The highest BCUT2D eigenvalue weighted by Gasteiger charge is 2.46. The van der Waals surface area contributed by atoms with Gasteiger partial charge in [0.1, 0.15) is 6.54 Å². The molecule has 114 valence electrons. The summed E-state index contributed by atoms with van der Waals surface area (Å²) in [5.74, 6) is -0.658. The van der Waals surface area contributed by atoms with E-state index in [1.165, 1.54) is 0 Å². The number of rotatable bonds is 5. The van der Waals surface area contributed by atoms with Crippen LogP contribution in [0, 0.1) is 5.92 Å². The van der Waals surface area contributed by atoms with Crippen LogP contribution in [-0.4, -0.2) is 43.8 Å². The quantitative estimate of drug-likeness (QED) is 0.593. The van der Waals surface area contributed by atoms with Gasteiger partial charge in [-0.3, -0.25) is 14.5 Å². The zero-order valence-electron chi connectivity index (χ0n) is 12.5. The summed E-state index contributed by atoms with van der Waals surface area (Å²) < 4.78 is 5.02. The molecule has 0 radical (unpaired) electrons. The van der Waals surface area contributed by atoms with Gasteiger partial charge in [0.15, 0.2) is 5.82 Å². The van der Waals surface area contributed by atoms with Crippen LogP contribution in [0.2, 0.25) is 0 Å². The van der Waals surface area contributed by atoms with E-state index in [0.29, 0.717) is 18.2 Å². The van der Waals surface area contributed by atoms with Gasteiger partial charge < -0.3 is 4.52 Å². The monoisotopic (exact) mass is 294 g/mol. The van der Waals surface area contributed by atoms with E-state index in [1.807, 2.05) is 13.8 Å². The van der Waals surface area contributed by atoms with E-state index in [1.54, 1.807) is 13.8 Å². The molecule has 1 aromatic rings. The second kappa shape index (κ2) is 5.63. The number of aromatic nitrogens is 2. The lowest BCUT2D eigenvalue weighted by atomic mass is 10.1. The first-order chi connectivity index (χ1) is 9.81. The Bertz CT molecular complexity index is 578. The van der Waals surface area contributed by atoms with Gasteiger partial charge in [0.05, 0.1) is 0 Å². The molecular weight excluding hydrogens is 276 g/mol. The van der Waals surface area contributed by atoms with Crippen molar-refractivity contribution in [2.24, 2.45) is 5.92 Å². The van der Waals surface area contributed by atoms with Gasteiger partial charge in [-0.2, -0.15) is 4.98 Å². The van der Waals surface area contributed by atoms with Crippen molar-refractivity contribution >= 4 is 17.8 Å². The molecule has 0 aromatic carbocycles. The highest BCUT2D eigenvalue weighted by Crippen LogP contribution is 2.18. The molecule has 2 rings (SSSR count).